The standard InChI is InChI=1S/C24H21N7O/c1-30-22-14-20(15-6-3-2-4-7-15)29-31(22)21-13-17(10-11-19(21)24(30)32)16-8-5-9-18(12-16)23(27-25)28-26/h3,5-14,25H,2,4,26H2,1H3. The molecule has 0 saturated heterocycles. The number of hydrogen-bond donors (Lipinski definition) is 2. The second-order valence-electron chi connectivity index (χ2n) is 7.68. The Balaban J connectivity index is 1.73. The molecule has 0 fully saturated rings. The Morgan fingerprint density at radius 1 is 1.12 bits per heavy atom. The van der Waals surface area contributed by atoms with E-state index in [1.165, 1.54) is 0 Å². The fraction of sp³-hybridized carbons (Fsp3) is 0.125. The average Bonchev–Trinajstić information content (AvgIpc) is 3.30. The molecule has 5 rings (SSSR count). The van der Waals surface area contributed by atoms with Crippen LogP contribution in [-0.2, 0) is 7.05 Å². The molecule has 32 heavy (non-hydrogen) atoms. The van der Waals surface area contributed by atoms with Gasteiger partial charge in [0.2, 0.25) is 0 Å². The summed E-state index contributed by atoms with van der Waals surface area (Å²) >= 11 is 0. The van der Waals surface area contributed by atoms with Gasteiger partial charge in [-0.25, -0.2) is 10.0 Å². The number of benzene rings is 2. The highest BCUT2D eigenvalue weighted by atomic mass is 16.1. The van der Waals surface area contributed by atoms with E-state index in [4.69, 9.17) is 16.5 Å². The zero-order chi connectivity index (χ0) is 22.2. The summed E-state index contributed by atoms with van der Waals surface area (Å²) in [5.74, 6) is 5.50. The first-order chi connectivity index (χ1) is 15.6. The maximum absolute atomic E-state index is 13.0. The normalized spacial score (nSPS) is 14.2. The lowest BCUT2D eigenvalue weighted by Crippen LogP contribution is -2.19. The minimum absolute atomic E-state index is 0.0713. The molecule has 0 spiro atoms. The molecular weight excluding hydrogens is 402 g/mol. The highest BCUT2D eigenvalue weighted by molar-refractivity contribution is 6.00. The van der Waals surface area contributed by atoms with Crippen molar-refractivity contribution >= 4 is 28.0 Å². The van der Waals surface area contributed by atoms with Crippen LogP contribution in [0.25, 0.3) is 33.3 Å². The molecule has 2 heterocycles. The molecular formula is C24H21N7O. The summed E-state index contributed by atoms with van der Waals surface area (Å²) in [7, 11) is 1.77. The lowest BCUT2D eigenvalue weighted by molar-refractivity contribution is 0.848. The van der Waals surface area contributed by atoms with Gasteiger partial charge in [-0.1, -0.05) is 42.5 Å². The van der Waals surface area contributed by atoms with E-state index in [9.17, 15) is 4.79 Å². The molecule has 0 aliphatic heterocycles. The highest BCUT2D eigenvalue weighted by Crippen LogP contribution is 2.27. The van der Waals surface area contributed by atoms with Crippen LogP contribution in [0.4, 0.5) is 0 Å². The van der Waals surface area contributed by atoms with Gasteiger partial charge >= 0.3 is 0 Å². The third-order valence-electron chi connectivity index (χ3n) is 5.77. The van der Waals surface area contributed by atoms with Crippen LogP contribution in [0.3, 0.4) is 0 Å². The van der Waals surface area contributed by atoms with Crippen LogP contribution in [0.2, 0.25) is 0 Å². The molecule has 1 aliphatic rings. The summed E-state index contributed by atoms with van der Waals surface area (Å²) < 4.78 is 3.46. The van der Waals surface area contributed by atoms with Crippen LogP contribution in [0, 0.1) is 5.53 Å². The Kier molecular flexibility index (Phi) is 4.74. The zero-order valence-electron chi connectivity index (χ0n) is 17.5. The second-order valence-corrected chi connectivity index (χ2v) is 7.68. The third kappa shape index (κ3) is 3.13. The van der Waals surface area contributed by atoms with E-state index in [1.807, 2.05) is 47.0 Å². The van der Waals surface area contributed by atoms with Gasteiger partial charge in [0.25, 0.3) is 5.56 Å². The van der Waals surface area contributed by atoms with Gasteiger partial charge in [0.15, 0.2) is 5.84 Å². The van der Waals surface area contributed by atoms with Crippen LogP contribution >= 0.6 is 0 Å². The van der Waals surface area contributed by atoms with Crippen molar-refractivity contribution in [2.45, 2.75) is 12.8 Å². The van der Waals surface area contributed by atoms with Gasteiger partial charge < -0.3 is 5.84 Å². The van der Waals surface area contributed by atoms with Crippen molar-refractivity contribution in [3.63, 3.8) is 0 Å². The van der Waals surface area contributed by atoms with Crippen molar-refractivity contribution in [2.75, 3.05) is 0 Å². The van der Waals surface area contributed by atoms with Crippen molar-refractivity contribution in [2.24, 2.45) is 23.1 Å². The lowest BCUT2D eigenvalue weighted by atomic mass is 10.0. The number of rotatable bonds is 3. The molecule has 0 amide bonds. The van der Waals surface area contributed by atoms with E-state index in [0.717, 1.165) is 46.4 Å². The first kappa shape index (κ1) is 19.6. The van der Waals surface area contributed by atoms with E-state index in [-0.39, 0.29) is 11.4 Å². The first-order valence-corrected chi connectivity index (χ1v) is 10.3. The van der Waals surface area contributed by atoms with Gasteiger partial charge in [-0.3, -0.25) is 9.36 Å². The largest absolute Gasteiger partial charge is 0.321 e. The summed E-state index contributed by atoms with van der Waals surface area (Å²) in [5.41, 5.74) is 13.0. The van der Waals surface area contributed by atoms with Crippen LogP contribution in [0.5, 0.6) is 0 Å². The molecule has 0 saturated carbocycles. The quantitative estimate of drug-likeness (QED) is 0.169. The Bertz CT molecular complexity index is 1540. The number of hydrazone groups is 1. The molecule has 2 aromatic carbocycles. The Morgan fingerprint density at radius 3 is 2.72 bits per heavy atom. The van der Waals surface area contributed by atoms with Crippen molar-refractivity contribution in [3.05, 3.63) is 88.4 Å². The van der Waals surface area contributed by atoms with Gasteiger partial charge in [-0.15, -0.1) is 5.11 Å². The summed E-state index contributed by atoms with van der Waals surface area (Å²) in [6.45, 7) is 0. The molecule has 3 N–H and O–H groups in total. The number of allylic oxidation sites excluding steroid dienone is 4. The van der Waals surface area contributed by atoms with E-state index in [0.29, 0.717) is 10.9 Å². The van der Waals surface area contributed by atoms with Crippen LogP contribution in [-0.4, -0.2) is 20.0 Å². The third-order valence-corrected chi connectivity index (χ3v) is 5.77. The number of nitrogens with one attached hydrogen (secondary N) is 1. The van der Waals surface area contributed by atoms with Gasteiger partial charge in [0.1, 0.15) is 5.65 Å². The summed E-state index contributed by atoms with van der Waals surface area (Å²) in [6.07, 6.45) is 8.41. The predicted octanol–water partition coefficient (Wildman–Crippen LogP) is 4.24. The topological polar surface area (TPSA) is 114 Å². The van der Waals surface area contributed by atoms with Gasteiger partial charge in [0, 0.05) is 18.7 Å². The SMILES string of the molecule is Cn1c(=O)c2ccc(-c3cccc(C(N=N)=NN)c3)cc2n2nc(C3=CCCC=C3)cc12. The first-order valence-electron chi connectivity index (χ1n) is 10.3. The number of aromatic nitrogens is 3. The predicted molar refractivity (Wildman–Crippen MR) is 126 cm³/mol. The van der Waals surface area contributed by atoms with E-state index in [2.05, 4.69) is 28.4 Å². The maximum atomic E-state index is 13.0. The Morgan fingerprint density at radius 2 is 1.97 bits per heavy atom. The minimum atomic E-state index is -0.0713. The minimum Gasteiger partial charge on any atom is -0.321 e. The van der Waals surface area contributed by atoms with Gasteiger partial charge in [-0.05, 0) is 47.7 Å². The number of nitrogens with zero attached hydrogens (tertiary/aromatic N) is 5. The maximum Gasteiger partial charge on any atom is 0.261 e. The molecule has 8 nitrogen and oxygen atoms in total. The molecule has 0 radical (unpaired) electrons. The van der Waals surface area contributed by atoms with Gasteiger partial charge in [0.05, 0.1) is 16.6 Å². The Labute approximate surface area is 183 Å². The molecule has 4 aromatic rings. The Hall–Kier alpha value is -4.33. The summed E-state index contributed by atoms with van der Waals surface area (Å²) in [4.78, 5) is 13.0. The molecule has 158 valence electrons. The average molecular weight is 423 g/mol. The second kappa shape index (κ2) is 7.73. The molecule has 1 aliphatic carbocycles. The van der Waals surface area contributed by atoms with E-state index < -0.39 is 0 Å². The zero-order valence-corrected chi connectivity index (χ0v) is 17.5. The monoisotopic (exact) mass is 423 g/mol. The number of fused-ring (bicyclic) bond motifs is 3. The molecule has 0 unspecified atom stereocenters. The molecule has 2 aromatic heterocycles. The van der Waals surface area contributed by atoms with Crippen molar-refractivity contribution in [1.29, 1.82) is 5.53 Å². The molecule has 0 atom stereocenters. The number of hydrogen-bond acceptors (Lipinski definition) is 5. The smallest absolute Gasteiger partial charge is 0.261 e. The van der Waals surface area contributed by atoms with Crippen LogP contribution < -0.4 is 11.4 Å². The van der Waals surface area contributed by atoms with Crippen molar-refractivity contribution in [1.82, 2.24) is 14.2 Å². The number of nitrogens with two attached hydrogens (primary N) is 1. The van der Waals surface area contributed by atoms with Crippen LogP contribution in [0.15, 0.2) is 81.8 Å². The van der Waals surface area contributed by atoms with Crippen molar-refractivity contribution in [3.8, 4) is 11.1 Å². The fourth-order valence-electron chi connectivity index (χ4n) is 4.09. The van der Waals surface area contributed by atoms with Crippen molar-refractivity contribution < 1.29 is 0 Å². The number of aryl methyl sites for hydroxylation is 1. The number of amidine groups is 1. The van der Waals surface area contributed by atoms with Gasteiger partial charge in [-0.2, -0.15) is 10.2 Å². The summed E-state index contributed by atoms with van der Waals surface area (Å²) in [6, 6.07) is 15.1. The van der Waals surface area contributed by atoms with E-state index >= 15 is 0 Å². The highest BCUT2D eigenvalue weighted by Gasteiger charge is 2.15. The molecule has 8 heteroatoms. The lowest BCUT2D eigenvalue weighted by Gasteiger charge is -2.09. The van der Waals surface area contributed by atoms with E-state index in [1.54, 1.807) is 17.7 Å². The van der Waals surface area contributed by atoms with Crippen LogP contribution in [0.1, 0.15) is 24.1 Å². The fourth-order valence-corrected chi connectivity index (χ4v) is 4.09. The molecule has 0 bridgehead atoms. The summed E-state index contributed by atoms with van der Waals surface area (Å²) in [5, 5.41) is 12.4.